The van der Waals surface area contributed by atoms with Crippen LogP contribution in [0.1, 0.15) is 28.6 Å². The molecule has 0 aliphatic carbocycles. The molecule has 0 saturated carbocycles. The molecule has 1 saturated heterocycles. The lowest BCUT2D eigenvalue weighted by Gasteiger charge is -2.20. The average molecular weight is 452 g/mol. The summed E-state index contributed by atoms with van der Waals surface area (Å²) < 4.78 is 11.9. The topological polar surface area (TPSA) is 71.4 Å². The zero-order valence-corrected chi connectivity index (χ0v) is 17.8. The minimum absolute atomic E-state index is 0.486. The first-order valence-corrected chi connectivity index (χ1v) is 10.7. The second kappa shape index (κ2) is 8.22. The summed E-state index contributed by atoms with van der Waals surface area (Å²) in [6.07, 6.45) is 1.14. The third kappa shape index (κ3) is 4.31. The van der Waals surface area contributed by atoms with Gasteiger partial charge in [-0.15, -0.1) is 11.3 Å². The molecule has 0 atom stereocenters. The van der Waals surface area contributed by atoms with Gasteiger partial charge in [-0.1, -0.05) is 10.3 Å². The van der Waals surface area contributed by atoms with Crippen LogP contribution >= 0.6 is 27.3 Å². The van der Waals surface area contributed by atoms with E-state index < -0.39 is 0 Å². The van der Waals surface area contributed by atoms with Crippen molar-refractivity contribution in [3.63, 3.8) is 0 Å². The minimum atomic E-state index is 0.486. The summed E-state index contributed by atoms with van der Waals surface area (Å²) in [6.45, 7) is 9.62. The first kappa shape index (κ1) is 18.8. The fourth-order valence-corrected chi connectivity index (χ4v) is 4.91. The molecule has 144 valence electrons. The number of rotatable bonds is 5. The molecule has 0 N–H and O–H groups in total. The number of nitrogens with zero attached hydrogens (tertiary/aromatic N) is 5. The van der Waals surface area contributed by atoms with Crippen molar-refractivity contribution in [3.05, 3.63) is 38.1 Å². The van der Waals surface area contributed by atoms with Crippen LogP contribution in [0.15, 0.2) is 25.0 Å². The van der Waals surface area contributed by atoms with Crippen molar-refractivity contribution >= 4 is 27.3 Å². The molecule has 7 nitrogen and oxygen atoms in total. The molecule has 27 heavy (non-hydrogen) atoms. The fourth-order valence-electron chi connectivity index (χ4n) is 3.39. The van der Waals surface area contributed by atoms with Gasteiger partial charge in [0.05, 0.1) is 12.2 Å². The van der Waals surface area contributed by atoms with Crippen molar-refractivity contribution in [2.45, 2.75) is 33.4 Å². The molecule has 3 aromatic heterocycles. The Balaban J connectivity index is 1.36. The first-order valence-electron chi connectivity index (χ1n) is 9.02. The van der Waals surface area contributed by atoms with Gasteiger partial charge >= 0.3 is 0 Å². The summed E-state index contributed by atoms with van der Waals surface area (Å²) in [5.41, 5.74) is 1.57. The highest BCUT2D eigenvalue weighted by Crippen LogP contribution is 2.26. The molecule has 0 bridgehead atoms. The number of hydrogen-bond acceptors (Lipinski definition) is 8. The monoisotopic (exact) mass is 451 g/mol. The van der Waals surface area contributed by atoms with Crippen LogP contribution in [0.25, 0.3) is 11.5 Å². The Morgan fingerprint density at radius 3 is 2.52 bits per heavy atom. The molecule has 4 rings (SSSR count). The molecule has 3 aromatic rings. The summed E-state index contributed by atoms with van der Waals surface area (Å²) in [5, 5.41) is 10.2. The van der Waals surface area contributed by atoms with Crippen molar-refractivity contribution in [3.8, 4) is 11.5 Å². The van der Waals surface area contributed by atoms with Crippen LogP contribution in [0.4, 0.5) is 0 Å². The molecule has 0 unspecified atom stereocenters. The van der Waals surface area contributed by atoms with Crippen molar-refractivity contribution in [1.29, 1.82) is 0 Å². The van der Waals surface area contributed by atoms with Gasteiger partial charge in [0, 0.05) is 29.0 Å². The van der Waals surface area contributed by atoms with E-state index in [4.69, 9.17) is 9.05 Å². The maximum Gasteiger partial charge on any atom is 0.263 e. The van der Waals surface area contributed by atoms with E-state index in [2.05, 4.69) is 52.5 Å². The van der Waals surface area contributed by atoms with Gasteiger partial charge in [-0.05, 0) is 60.7 Å². The predicted octanol–water partition coefficient (Wildman–Crippen LogP) is 3.87. The average Bonchev–Trinajstić information content (AvgIpc) is 3.29. The van der Waals surface area contributed by atoms with Crippen molar-refractivity contribution in [1.82, 2.24) is 25.1 Å². The molecule has 0 aromatic carbocycles. The molecule has 0 amide bonds. The third-order valence-electron chi connectivity index (χ3n) is 4.82. The van der Waals surface area contributed by atoms with Crippen molar-refractivity contribution in [2.24, 2.45) is 0 Å². The van der Waals surface area contributed by atoms with Gasteiger partial charge in [-0.25, -0.2) is 0 Å². The summed E-state index contributed by atoms with van der Waals surface area (Å²) in [7, 11) is 0. The van der Waals surface area contributed by atoms with E-state index in [1.165, 1.54) is 9.35 Å². The Labute approximate surface area is 170 Å². The van der Waals surface area contributed by atoms with Crippen LogP contribution in [0.2, 0.25) is 0 Å². The number of hydrogen-bond donors (Lipinski definition) is 0. The molecular formula is C18H22BrN5O2S. The molecule has 1 aliphatic rings. The van der Waals surface area contributed by atoms with Gasteiger partial charge in [-0.2, -0.15) is 4.98 Å². The Kier molecular flexibility index (Phi) is 5.72. The predicted molar refractivity (Wildman–Crippen MR) is 106 cm³/mol. The summed E-state index contributed by atoms with van der Waals surface area (Å²) in [5.74, 6) is 1.90. The van der Waals surface area contributed by atoms with Gasteiger partial charge in [-0.3, -0.25) is 9.80 Å². The van der Waals surface area contributed by atoms with E-state index in [0.717, 1.165) is 50.4 Å². The van der Waals surface area contributed by atoms with Crippen molar-refractivity contribution in [2.75, 3.05) is 26.2 Å². The normalized spacial score (nSPS) is 16.7. The lowest BCUT2D eigenvalue weighted by Crippen LogP contribution is -2.30. The maximum atomic E-state index is 5.45. The minimum Gasteiger partial charge on any atom is -0.361 e. The van der Waals surface area contributed by atoms with E-state index in [1.807, 2.05) is 25.2 Å². The standard InChI is InChI=1S/C18H22BrN5O2S/c1-12-17(13(2)25-21-12)18-20-16(22-26-18)11-24-6-3-5-23(7-8-24)10-15-14(19)4-9-27-15/h4,9H,3,5-8,10-11H2,1-2H3. The molecule has 0 spiro atoms. The number of thiophene rings is 1. The second-order valence-electron chi connectivity index (χ2n) is 6.81. The Bertz CT molecular complexity index is 886. The van der Waals surface area contributed by atoms with Crippen LogP contribution in [0, 0.1) is 13.8 Å². The lowest BCUT2D eigenvalue weighted by molar-refractivity contribution is 0.242. The third-order valence-corrected chi connectivity index (χ3v) is 6.73. The second-order valence-corrected chi connectivity index (χ2v) is 8.67. The van der Waals surface area contributed by atoms with Crippen LogP contribution in [-0.4, -0.2) is 51.3 Å². The molecule has 9 heteroatoms. The van der Waals surface area contributed by atoms with Crippen LogP contribution in [0.3, 0.4) is 0 Å². The Morgan fingerprint density at radius 2 is 1.85 bits per heavy atom. The van der Waals surface area contributed by atoms with Crippen LogP contribution in [-0.2, 0) is 13.1 Å². The smallest absolute Gasteiger partial charge is 0.263 e. The molecular weight excluding hydrogens is 430 g/mol. The zero-order chi connectivity index (χ0) is 18.8. The summed E-state index contributed by atoms with van der Waals surface area (Å²) in [6, 6.07) is 2.12. The van der Waals surface area contributed by atoms with E-state index in [1.54, 1.807) is 0 Å². The molecule has 1 fully saturated rings. The quantitative estimate of drug-likeness (QED) is 0.582. The first-order chi connectivity index (χ1) is 13.1. The largest absolute Gasteiger partial charge is 0.361 e. The van der Waals surface area contributed by atoms with E-state index in [-0.39, 0.29) is 0 Å². The Hall–Kier alpha value is -1.55. The van der Waals surface area contributed by atoms with Gasteiger partial charge < -0.3 is 9.05 Å². The maximum absolute atomic E-state index is 5.45. The molecule has 0 radical (unpaired) electrons. The number of aromatic nitrogens is 3. The van der Waals surface area contributed by atoms with E-state index in [9.17, 15) is 0 Å². The summed E-state index contributed by atoms with van der Waals surface area (Å²) >= 11 is 5.44. The summed E-state index contributed by atoms with van der Waals surface area (Å²) in [4.78, 5) is 10.9. The Morgan fingerprint density at radius 1 is 1.07 bits per heavy atom. The van der Waals surface area contributed by atoms with Gasteiger partial charge in [0.15, 0.2) is 5.82 Å². The molecule has 4 heterocycles. The van der Waals surface area contributed by atoms with Crippen LogP contribution in [0.5, 0.6) is 0 Å². The van der Waals surface area contributed by atoms with Crippen LogP contribution < -0.4 is 0 Å². The van der Waals surface area contributed by atoms with Gasteiger partial charge in [0.25, 0.3) is 5.89 Å². The highest BCUT2D eigenvalue weighted by molar-refractivity contribution is 9.10. The zero-order valence-electron chi connectivity index (χ0n) is 15.4. The highest BCUT2D eigenvalue weighted by atomic mass is 79.9. The van der Waals surface area contributed by atoms with E-state index in [0.29, 0.717) is 24.0 Å². The molecule has 1 aliphatic heterocycles. The van der Waals surface area contributed by atoms with Crippen molar-refractivity contribution < 1.29 is 9.05 Å². The lowest BCUT2D eigenvalue weighted by atomic mass is 10.2. The van der Waals surface area contributed by atoms with E-state index >= 15 is 0 Å². The van der Waals surface area contributed by atoms with Gasteiger partial charge in [0.2, 0.25) is 0 Å². The highest BCUT2D eigenvalue weighted by Gasteiger charge is 2.21. The SMILES string of the molecule is Cc1noc(C)c1-c1nc(CN2CCCN(Cc3sccc3Br)CC2)no1. The van der Waals surface area contributed by atoms with Gasteiger partial charge in [0.1, 0.15) is 11.3 Å². The fraction of sp³-hybridized carbons (Fsp3) is 0.500. The number of halogens is 1. The number of aryl methyl sites for hydroxylation is 2.